The monoisotopic (exact) mass is 662 g/mol. The highest BCUT2D eigenvalue weighted by Gasteiger charge is 2.44. The van der Waals surface area contributed by atoms with Gasteiger partial charge in [-0.15, -0.1) is 0 Å². The Morgan fingerprint density at radius 3 is 0.891 bits per heavy atom. The number of nitrogens with zero attached hydrogens (tertiary/aromatic N) is 2. The summed E-state index contributed by atoms with van der Waals surface area (Å²) in [7, 11) is -5.79. The zero-order chi connectivity index (χ0) is 32.8. The molecular formula is C36H50N2O6Si2+2. The van der Waals surface area contributed by atoms with E-state index in [1.54, 1.807) is 0 Å². The van der Waals surface area contributed by atoms with Crippen molar-refractivity contribution in [3.05, 3.63) is 109 Å². The summed E-state index contributed by atoms with van der Waals surface area (Å²) < 4.78 is 40.7. The first-order chi connectivity index (χ1) is 22.4. The van der Waals surface area contributed by atoms with E-state index in [-0.39, 0.29) is 0 Å². The van der Waals surface area contributed by atoms with Crippen LogP contribution < -0.4 is 19.5 Å². The first kappa shape index (κ1) is 35.8. The van der Waals surface area contributed by atoms with Gasteiger partial charge < -0.3 is 26.6 Å². The van der Waals surface area contributed by atoms with E-state index < -0.39 is 17.6 Å². The Kier molecular flexibility index (Phi) is 13.8. The molecule has 2 aromatic heterocycles. The van der Waals surface area contributed by atoms with E-state index in [1.165, 1.54) is 22.3 Å². The Labute approximate surface area is 277 Å². The molecule has 0 saturated carbocycles. The van der Waals surface area contributed by atoms with Crippen molar-refractivity contribution in [3.8, 4) is 11.1 Å². The van der Waals surface area contributed by atoms with Crippen molar-refractivity contribution in [2.24, 2.45) is 0 Å². The van der Waals surface area contributed by atoms with Crippen molar-refractivity contribution >= 4 is 28.0 Å². The molecule has 0 fully saturated rings. The van der Waals surface area contributed by atoms with E-state index in [4.69, 9.17) is 26.6 Å². The van der Waals surface area contributed by atoms with Gasteiger partial charge in [0.15, 0.2) is 37.9 Å². The Balaban J connectivity index is 1.39. The first-order valence-corrected chi connectivity index (χ1v) is 19.9. The van der Waals surface area contributed by atoms with E-state index in [2.05, 4.69) is 107 Å². The molecule has 246 valence electrons. The second kappa shape index (κ2) is 17.7. The lowest BCUT2D eigenvalue weighted by Gasteiger charge is -2.28. The molecule has 2 aromatic carbocycles. The van der Waals surface area contributed by atoms with Gasteiger partial charge in [0.2, 0.25) is 0 Å². The molecule has 4 rings (SSSR count). The van der Waals surface area contributed by atoms with Gasteiger partial charge in [-0.25, -0.2) is 9.13 Å². The largest absolute Gasteiger partial charge is 0.537 e. The maximum Gasteiger partial charge on any atom is 0.537 e. The predicted octanol–water partition coefficient (Wildman–Crippen LogP) is 4.54. The lowest BCUT2D eigenvalue weighted by molar-refractivity contribution is -0.688. The summed E-state index contributed by atoms with van der Waals surface area (Å²) in [6.07, 6.45) is 8.51. The van der Waals surface area contributed by atoms with Gasteiger partial charge in [0.25, 0.3) is 0 Å². The van der Waals surface area contributed by atoms with Crippen LogP contribution in [0.4, 0.5) is 0 Å². The zero-order valence-electron chi connectivity index (χ0n) is 28.2. The number of aromatic nitrogens is 2. The second-order valence-electron chi connectivity index (χ2n) is 10.6. The van der Waals surface area contributed by atoms with Crippen molar-refractivity contribution < 1.29 is 35.7 Å². The Bertz CT molecular complexity index is 1310. The fourth-order valence-corrected chi connectivity index (χ4v) is 10.4. The molecule has 8 nitrogen and oxygen atoms in total. The summed E-state index contributed by atoms with van der Waals surface area (Å²) >= 11 is 0. The quantitative estimate of drug-likeness (QED) is 0.109. The molecule has 10 heteroatoms. The van der Waals surface area contributed by atoms with Gasteiger partial charge in [-0.3, -0.25) is 0 Å². The van der Waals surface area contributed by atoms with Gasteiger partial charge >= 0.3 is 17.6 Å². The average Bonchev–Trinajstić information content (AvgIpc) is 3.07. The fourth-order valence-electron chi connectivity index (χ4n) is 5.45. The minimum atomic E-state index is -2.90. The van der Waals surface area contributed by atoms with Gasteiger partial charge in [-0.1, -0.05) is 48.5 Å². The standard InChI is InChI=1S/C36H50N2O6Si2/c1-7-39-45(40-8-2,41-9-3)35-17-13-31(14-18-35)29-37-25-21-33(22-26-37)34-23-27-38(28-24-34)30-32-15-19-36(20-16-32)46(42-10-4,43-11-5)44-12-6/h13-28H,7-12,29-30H2,1-6H3/q+2. The van der Waals surface area contributed by atoms with Crippen LogP contribution in [0.5, 0.6) is 0 Å². The Morgan fingerprint density at radius 2 is 0.652 bits per heavy atom. The maximum absolute atomic E-state index is 6.06. The summed E-state index contributed by atoms with van der Waals surface area (Å²) in [4.78, 5) is 0. The van der Waals surface area contributed by atoms with E-state index in [1.807, 2.05) is 41.5 Å². The summed E-state index contributed by atoms with van der Waals surface area (Å²) in [6.45, 7) is 16.7. The van der Waals surface area contributed by atoms with Gasteiger partial charge in [0, 0.05) is 85.4 Å². The lowest BCUT2D eigenvalue weighted by Crippen LogP contribution is -2.56. The van der Waals surface area contributed by atoms with Crippen molar-refractivity contribution in [1.29, 1.82) is 0 Å². The van der Waals surface area contributed by atoms with Crippen molar-refractivity contribution in [2.45, 2.75) is 54.6 Å². The summed E-state index contributed by atoms with van der Waals surface area (Å²) in [5.74, 6) is 0. The highest BCUT2D eigenvalue weighted by Crippen LogP contribution is 2.17. The van der Waals surface area contributed by atoms with Gasteiger partial charge in [0.05, 0.1) is 0 Å². The van der Waals surface area contributed by atoms with Crippen LogP contribution in [0.1, 0.15) is 52.7 Å². The molecule has 0 aliphatic heterocycles. The van der Waals surface area contributed by atoms with Crippen LogP contribution in [0, 0.1) is 0 Å². The zero-order valence-corrected chi connectivity index (χ0v) is 30.2. The van der Waals surface area contributed by atoms with E-state index in [0.717, 1.165) is 23.5 Å². The predicted molar refractivity (Wildman–Crippen MR) is 184 cm³/mol. The summed E-state index contributed by atoms with van der Waals surface area (Å²) in [6, 6.07) is 25.5. The van der Waals surface area contributed by atoms with Crippen molar-refractivity contribution in [1.82, 2.24) is 0 Å². The highest BCUT2D eigenvalue weighted by molar-refractivity contribution is 6.75. The molecule has 0 aliphatic rings. The van der Waals surface area contributed by atoms with Crippen molar-refractivity contribution in [3.63, 3.8) is 0 Å². The normalized spacial score (nSPS) is 12.0. The molecule has 0 atom stereocenters. The van der Waals surface area contributed by atoms with Gasteiger partial charge in [-0.2, -0.15) is 0 Å². The molecule has 0 N–H and O–H groups in total. The van der Waals surface area contributed by atoms with Crippen LogP contribution in [-0.4, -0.2) is 57.3 Å². The molecule has 2 heterocycles. The number of rotatable bonds is 19. The van der Waals surface area contributed by atoms with Crippen LogP contribution in [0.3, 0.4) is 0 Å². The summed E-state index contributed by atoms with van der Waals surface area (Å²) in [5, 5.41) is 1.99. The fraction of sp³-hybridized carbons (Fsp3) is 0.389. The van der Waals surface area contributed by atoms with Gasteiger partial charge in [-0.05, 0) is 52.7 Å². The minimum absolute atomic E-state index is 0.549. The number of pyridine rings is 2. The lowest BCUT2D eigenvalue weighted by atomic mass is 10.1. The summed E-state index contributed by atoms with van der Waals surface area (Å²) in [5.41, 5.74) is 4.75. The van der Waals surface area contributed by atoms with Crippen LogP contribution in [0.25, 0.3) is 11.1 Å². The highest BCUT2D eigenvalue weighted by atomic mass is 28.4. The third kappa shape index (κ3) is 9.05. The van der Waals surface area contributed by atoms with E-state index >= 15 is 0 Å². The molecular weight excluding hydrogens is 613 g/mol. The van der Waals surface area contributed by atoms with Crippen LogP contribution in [0.2, 0.25) is 0 Å². The van der Waals surface area contributed by atoms with E-state index in [0.29, 0.717) is 39.6 Å². The SMILES string of the molecule is CCO[Si](OCC)(OCC)c1ccc(C[n+]2ccc(-c3cc[n+](Cc4ccc([Si](OCC)(OCC)OCC)cc4)cc3)cc2)cc1. The van der Waals surface area contributed by atoms with E-state index in [9.17, 15) is 0 Å². The minimum Gasteiger partial charge on any atom is -0.370 e. The third-order valence-corrected chi connectivity index (χ3v) is 13.6. The number of benzene rings is 2. The van der Waals surface area contributed by atoms with Crippen molar-refractivity contribution in [2.75, 3.05) is 39.6 Å². The van der Waals surface area contributed by atoms with Crippen LogP contribution in [-0.2, 0) is 39.6 Å². The van der Waals surface area contributed by atoms with Gasteiger partial charge in [0.1, 0.15) is 0 Å². The maximum atomic E-state index is 6.06. The Hall–Kier alpha value is -3.07. The third-order valence-electron chi connectivity index (χ3n) is 7.47. The second-order valence-corrected chi connectivity index (χ2v) is 15.7. The molecule has 0 bridgehead atoms. The van der Waals surface area contributed by atoms with Crippen LogP contribution >= 0.6 is 0 Å². The Morgan fingerprint density at radius 1 is 0.391 bits per heavy atom. The molecule has 4 aromatic rings. The van der Waals surface area contributed by atoms with Crippen LogP contribution in [0.15, 0.2) is 97.6 Å². The number of hydrogen-bond donors (Lipinski definition) is 0. The molecule has 0 amide bonds. The first-order valence-electron chi connectivity index (χ1n) is 16.5. The molecule has 46 heavy (non-hydrogen) atoms. The average molecular weight is 663 g/mol. The molecule has 0 unspecified atom stereocenters. The topological polar surface area (TPSA) is 63.1 Å². The smallest absolute Gasteiger partial charge is 0.370 e. The molecule has 0 spiro atoms. The number of hydrogen-bond acceptors (Lipinski definition) is 6. The molecule has 0 aliphatic carbocycles. The molecule has 0 radical (unpaired) electrons. The molecule has 0 saturated heterocycles.